The lowest BCUT2D eigenvalue weighted by atomic mass is 9.96. The lowest BCUT2D eigenvalue weighted by Gasteiger charge is -2.25. The average molecular weight is 324 g/mol. The van der Waals surface area contributed by atoms with Crippen LogP contribution in [0.15, 0.2) is 85.2 Å². The van der Waals surface area contributed by atoms with Crippen LogP contribution in [0.1, 0.15) is 17.2 Å². The molecule has 120 valence electrons. The second kappa shape index (κ2) is 5.60. The molecule has 1 N–H and O–H groups in total. The normalized spacial score (nSPS) is 16.2. The van der Waals surface area contributed by atoms with Gasteiger partial charge in [-0.05, 0) is 28.0 Å². The van der Waals surface area contributed by atoms with Gasteiger partial charge in [-0.25, -0.2) is 4.68 Å². The van der Waals surface area contributed by atoms with Crippen molar-refractivity contribution in [2.75, 3.05) is 5.32 Å². The number of fused-ring (bicyclic) bond motifs is 2. The molecule has 1 aliphatic rings. The SMILES string of the molecule is C1=C(c2ccccc2)Nc2ncnn2[C@@H]1c1cccc2ccccc12. The van der Waals surface area contributed by atoms with Crippen molar-refractivity contribution in [3.8, 4) is 0 Å². The zero-order valence-electron chi connectivity index (χ0n) is 13.5. The summed E-state index contributed by atoms with van der Waals surface area (Å²) in [7, 11) is 0. The number of aromatic nitrogens is 3. The third-order valence-electron chi connectivity index (χ3n) is 4.63. The van der Waals surface area contributed by atoms with E-state index in [1.165, 1.54) is 16.3 Å². The summed E-state index contributed by atoms with van der Waals surface area (Å²) in [5, 5.41) is 10.3. The molecule has 1 aromatic heterocycles. The van der Waals surface area contributed by atoms with Gasteiger partial charge in [-0.1, -0.05) is 72.8 Å². The van der Waals surface area contributed by atoms with Gasteiger partial charge in [-0.15, -0.1) is 0 Å². The Bertz CT molecular complexity index is 1070. The highest BCUT2D eigenvalue weighted by Gasteiger charge is 2.24. The molecule has 0 aliphatic carbocycles. The van der Waals surface area contributed by atoms with E-state index in [0.717, 1.165) is 17.2 Å². The van der Waals surface area contributed by atoms with Crippen LogP contribution in [0.3, 0.4) is 0 Å². The molecule has 0 radical (unpaired) electrons. The van der Waals surface area contributed by atoms with Gasteiger partial charge in [0.2, 0.25) is 5.95 Å². The predicted octanol–water partition coefficient (Wildman–Crippen LogP) is 4.49. The Morgan fingerprint density at radius 1 is 0.840 bits per heavy atom. The number of hydrogen-bond donors (Lipinski definition) is 1. The van der Waals surface area contributed by atoms with Crippen LogP contribution in [0, 0.1) is 0 Å². The lowest BCUT2D eigenvalue weighted by molar-refractivity contribution is 0.615. The van der Waals surface area contributed by atoms with Crippen molar-refractivity contribution in [1.82, 2.24) is 14.8 Å². The van der Waals surface area contributed by atoms with Crippen molar-refractivity contribution in [1.29, 1.82) is 0 Å². The third kappa shape index (κ3) is 2.31. The Hall–Kier alpha value is -3.40. The Labute approximate surface area is 145 Å². The minimum absolute atomic E-state index is 0.0000520. The summed E-state index contributed by atoms with van der Waals surface area (Å²) in [6.45, 7) is 0. The highest BCUT2D eigenvalue weighted by atomic mass is 15.4. The monoisotopic (exact) mass is 324 g/mol. The van der Waals surface area contributed by atoms with E-state index in [1.807, 2.05) is 22.9 Å². The molecule has 0 amide bonds. The van der Waals surface area contributed by atoms with Crippen LogP contribution >= 0.6 is 0 Å². The molecule has 4 aromatic rings. The van der Waals surface area contributed by atoms with Gasteiger partial charge in [-0.3, -0.25) is 0 Å². The molecule has 0 saturated heterocycles. The zero-order valence-corrected chi connectivity index (χ0v) is 13.5. The first kappa shape index (κ1) is 14.0. The van der Waals surface area contributed by atoms with Gasteiger partial charge in [0.25, 0.3) is 0 Å². The van der Waals surface area contributed by atoms with Crippen molar-refractivity contribution in [2.45, 2.75) is 6.04 Å². The molecule has 0 bridgehead atoms. The van der Waals surface area contributed by atoms with Crippen LogP contribution in [0.2, 0.25) is 0 Å². The molecule has 0 fully saturated rings. The number of nitrogens with one attached hydrogen (secondary N) is 1. The molecule has 3 aromatic carbocycles. The summed E-state index contributed by atoms with van der Waals surface area (Å²) in [6, 6.07) is 25.2. The molecule has 0 unspecified atom stereocenters. The van der Waals surface area contributed by atoms with Crippen molar-refractivity contribution in [3.05, 3.63) is 96.3 Å². The van der Waals surface area contributed by atoms with E-state index in [2.05, 4.69) is 76.1 Å². The standard InChI is InChI=1S/C21H16N4/c1-2-8-16(9-3-1)19-13-20(25-21(24-19)22-14-23-25)18-12-6-10-15-7-4-5-11-17(15)18/h1-14,20H,(H,22,23,24)/t20-/m0/s1. The maximum Gasteiger partial charge on any atom is 0.226 e. The first-order valence-corrected chi connectivity index (χ1v) is 8.31. The molecule has 1 aliphatic heterocycles. The molecule has 0 saturated carbocycles. The third-order valence-corrected chi connectivity index (χ3v) is 4.63. The number of benzene rings is 3. The van der Waals surface area contributed by atoms with E-state index in [1.54, 1.807) is 6.33 Å². The van der Waals surface area contributed by atoms with Gasteiger partial charge in [0.05, 0.1) is 0 Å². The quantitative estimate of drug-likeness (QED) is 0.591. The highest BCUT2D eigenvalue weighted by molar-refractivity contribution is 5.87. The minimum atomic E-state index is 0.0000520. The predicted molar refractivity (Wildman–Crippen MR) is 100 cm³/mol. The number of anilines is 1. The summed E-state index contributed by atoms with van der Waals surface area (Å²) in [5.74, 6) is 0.763. The molecule has 5 rings (SSSR count). The fourth-order valence-electron chi connectivity index (χ4n) is 3.45. The fraction of sp³-hybridized carbons (Fsp3) is 0.0476. The summed E-state index contributed by atoms with van der Waals surface area (Å²) < 4.78 is 1.94. The Morgan fingerprint density at radius 2 is 1.64 bits per heavy atom. The summed E-state index contributed by atoms with van der Waals surface area (Å²) >= 11 is 0. The van der Waals surface area contributed by atoms with Crippen molar-refractivity contribution >= 4 is 22.4 Å². The van der Waals surface area contributed by atoms with E-state index in [9.17, 15) is 0 Å². The molecule has 1 atom stereocenters. The lowest BCUT2D eigenvalue weighted by Crippen LogP contribution is -2.20. The van der Waals surface area contributed by atoms with Crippen LogP contribution in [-0.4, -0.2) is 14.8 Å². The van der Waals surface area contributed by atoms with E-state index in [0.29, 0.717) is 0 Å². The molecule has 0 spiro atoms. The van der Waals surface area contributed by atoms with Gasteiger partial charge in [0.1, 0.15) is 12.4 Å². The smallest absolute Gasteiger partial charge is 0.226 e. The van der Waals surface area contributed by atoms with Crippen molar-refractivity contribution in [3.63, 3.8) is 0 Å². The Balaban J connectivity index is 1.72. The largest absolute Gasteiger partial charge is 0.324 e. The summed E-state index contributed by atoms with van der Waals surface area (Å²) in [6.07, 6.45) is 3.82. The highest BCUT2D eigenvalue weighted by Crippen LogP contribution is 2.34. The van der Waals surface area contributed by atoms with Crippen LogP contribution < -0.4 is 5.32 Å². The first-order valence-electron chi connectivity index (χ1n) is 8.31. The van der Waals surface area contributed by atoms with E-state index in [4.69, 9.17) is 0 Å². The average Bonchev–Trinajstić information content (AvgIpc) is 3.16. The number of hydrogen-bond acceptors (Lipinski definition) is 3. The van der Waals surface area contributed by atoms with Crippen LogP contribution in [0.4, 0.5) is 5.95 Å². The van der Waals surface area contributed by atoms with Crippen LogP contribution in [0.25, 0.3) is 16.5 Å². The number of nitrogens with zero attached hydrogens (tertiary/aromatic N) is 3. The topological polar surface area (TPSA) is 42.7 Å². The molecular weight excluding hydrogens is 308 g/mol. The second-order valence-electron chi connectivity index (χ2n) is 6.11. The maximum atomic E-state index is 4.45. The second-order valence-corrected chi connectivity index (χ2v) is 6.11. The Kier molecular flexibility index (Phi) is 3.13. The number of rotatable bonds is 2. The Morgan fingerprint density at radius 3 is 2.56 bits per heavy atom. The fourth-order valence-corrected chi connectivity index (χ4v) is 3.45. The van der Waals surface area contributed by atoms with Gasteiger partial charge < -0.3 is 5.32 Å². The number of allylic oxidation sites excluding steroid dienone is 1. The van der Waals surface area contributed by atoms with E-state index in [-0.39, 0.29) is 6.04 Å². The molecule has 4 nitrogen and oxygen atoms in total. The van der Waals surface area contributed by atoms with Crippen LogP contribution in [-0.2, 0) is 0 Å². The maximum absolute atomic E-state index is 4.45. The summed E-state index contributed by atoms with van der Waals surface area (Å²) in [4.78, 5) is 4.39. The van der Waals surface area contributed by atoms with Gasteiger partial charge in [0.15, 0.2) is 0 Å². The molecule has 25 heavy (non-hydrogen) atoms. The van der Waals surface area contributed by atoms with Gasteiger partial charge in [-0.2, -0.15) is 10.1 Å². The minimum Gasteiger partial charge on any atom is -0.324 e. The molecule has 2 heterocycles. The van der Waals surface area contributed by atoms with E-state index >= 15 is 0 Å². The first-order chi connectivity index (χ1) is 12.4. The van der Waals surface area contributed by atoms with Crippen molar-refractivity contribution in [2.24, 2.45) is 0 Å². The van der Waals surface area contributed by atoms with Crippen LogP contribution in [0.5, 0.6) is 0 Å². The van der Waals surface area contributed by atoms with Gasteiger partial charge in [0, 0.05) is 5.70 Å². The van der Waals surface area contributed by atoms with Gasteiger partial charge >= 0.3 is 0 Å². The van der Waals surface area contributed by atoms with Crippen molar-refractivity contribution < 1.29 is 0 Å². The summed E-state index contributed by atoms with van der Waals surface area (Å²) in [5.41, 5.74) is 3.42. The molecule has 4 heteroatoms. The van der Waals surface area contributed by atoms with E-state index < -0.39 is 0 Å². The zero-order chi connectivity index (χ0) is 16.6. The molecular formula is C21H16N4.